The number of halogens is 2. The highest BCUT2D eigenvalue weighted by Crippen LogP contribution is 2.28. The van der Waals surface area contributed by atoms with E-state index >= 15 is 0 Å². The standard InChI is InChI=1S/C6H7Cl2NO2S/c1-4-6(7)5(3-9(4)2)12(8,10)11/h3H,1-2H3. The summed E-state index contributed by atoms with van der Waals surface area (Å²) >= 11 is 5.71. The van der Waals surface area contributed by atoms with E-state index in [0.717, 1.165) is 0 Å². The third kappa shape index (κ3) is 1.60. The van der Waals surface area contributed by atoms with E-state index in [2.05, 4.69) is 0 Å². The largest absolute Gasteiger partial charge is 0.352 e. The van der Waals surface area contributed by atoms with Gasteiger partial charge < -0.3 is 4.57 Å². The van der Waals surface area contributed by atoms with Crippen molar-refractivity contribution in [2.75, 3.05) is 0 Å². The van der Waals surface area contributed by atoms with Crippen LogP contribution >= 0.6 is 22.3 Å². The van der Waals surface area contributed by atoms with Gasteiger partial charge in [-0.2, -0.15) is 0 Å². The first-order chi connectivity index (χ1) is 5.34. The van der Waals surface area contributed by atoms with Crippen molar-refractivity contribution < 1.29 is 8.42 Å². The lowest BCUT2D eigenvalue weighted by molar-refractivity contribution is 0.609. The Morgan fingerprint density at radius 3 is 2.17 bits per heavy atom. The van der Waals surface area contributed by atoms with Gasteiger partial charge in [0.15, 0.2) is 0 Å². The van der Waals surface area contributed by atoms with Crippen molar-refractivity contribution in [1.29, 1.82) is 0 Å². The van der Waals surface area contributed by atoms with Gasteiger partial charge in [0.25, 0.3) is 9.05 Å². The Morgan fingerprint density at radius 1 is 1.50 bits per heavy atom. The van der Waals surface area contributed by atoms with E-state index in [1.165, 1.54) is 6.20 Å². The monoisotopic (exact) mass is 227 g/mol. The average molecular weight is 228 g/mol. The predicted octanol–water partition coefficient (Wildman–Crippen LogP) is 1.91. The maximum absolute atomic E-state index is 10.9. The molecule has 3 nitrogen and oxygen atoms in total. The fourth-order valence-electron chi connectivity index (χ4n) is 0.832. The highest BCUT2D eigenvalue weighted by Gasteiger charge is 2.19. The van der Waals surface area contributed by atoms with E-state index in [4.69, 9.17) is 22.3 Å². The first-order valence-corrected chi connectivity index (χ1v) is 5.79. The van der Waals surface area contributed by atoms with Crippen LogP contribution in [0.5, 0.6) is 0 Å². The number of hydrogen-bond donors (Lipinski definition) is 0. The second kappa shape index (κ2) is 2.94. The maximum atomic E-state index is 10.9. The molecule has 1 rings (SSSR count). The van der Waals surface area contributed by atoms with Crippen LogP contribution in [-0.2, 0) is 16.1 Å². The van der Waals surface area contributed by atoms with Crippen LogP contribution in [0.4, 0.5) is 0 Å². The Kier molecular flexibility index (Phi) is 2.42. The molecule has 0 radical (unpaired) electrons. The zero-order valence-corrected chi connectivity index (χ0v) is 8.83. The molecule has 0 unspecified atom stereocenters. The minimum Gasteiger partial charge on any atom is -0.352 e. The number of aromatic nitrogens is 1. The molecule has 0 saturated heterocycles. The highest BCUT2D eigenvalue weighted by molar-refractivity contribution is 8.13. The van der Waals surface area contributed by atoms with Crippen LogP contribution in [0.15, 0.2) is 11.1 Å². The molecule has 0 amide bonds. The summed E-state index contributed by atoms with van der Waals surface area (Å²) in [5, 5.41) is 0.188. The minimum atomic E-state index is -3.72. The molecule has 0 aliphatic rings. The molecule has 0 N–H and O–H groups in total. The average Bonchev–Trinajstić information content (AvgIpc) is 2.15. The van der Waals surface area contributed by atoms with Gasteiger partial charge in [-0.15, -0.1) is 0 Å². The van der Waals surface area contributed by atoms with Crippen LogP contribution in [0.2, 0.25) is 5.02 Å². The molecule has 12 heavy (non-hydrogen) atoms. The number of rotatable bonds is 1. The van der Waals surface area contributed by atoms with Gasteiger partial charge in [-0.3, -0.25) is 0 Å². The minimum absolute atomic E-state index is 0.0363. The van der Waals surface area contributed by atoms with E-state index in [1.54, 1.807) is 18.5 Å². The predicted molar refractivity (Wildman–Crippen MR) is 48.2 cm³/mol. The Morgan fingerprint density at radius 2 is 2.00 bits per heavy atom. The summed E-state index contributed by atoms with van der Waals surface area (Å²) in [6.45, 7) is 1.72. The summed E-state index contributed by atoms with van der Waals surface area (Å²) in [4.78, 5) is -0.0363. The molecule has 0 saturated carbocycles. The summed E-state index contributed by atoms with van der Waals surface area (Å²) in [5.41, 5.74) is 0.677. The van der Waals surface area contributed by atoms with Crippen LogP contribution in [0, 0.1) is 6.92 Å². The van der Waals surface area contributed by atoms with E-state index in [0.29, 0.717) is 5.69 Å². The molecule has 0 spiro atoms. The second-order valence-corrected chi connectivity index (χ2v) is 5.35. The van der Waals surface area contributed by atoms with Crippen molar-refractivity contribution >= 4 is 31.3 Å². The molecular formula is C6H7Cl2NO2S. The van der Waals surface area contributed by atoms with Crippen molar-refractivity contribution in [1.82, 2.24) is 4.57 Å². The number of hydrogen-bond acceptors (Lipinski definition) is 2. The third-order valence-electron chi connectivity index (χ3n) is 1.64. The summed E-state index contributed by atoms with van der Waals surface area (Å²) in [6, 6.07) is 0. The van der Waals surface area contributed by atoms with Crippen molar-refractivity contribution in [3.8, 4) is 0 Å². The smallest absolute Gasteiger partial charge is 0.264 e. The second-order valence-electron chi connectivity index (χ2n) is 2.44. The molecule has 0 aliphatic carbocycles. The molecule has 0 fully saturated rings. The molecule has 0 aromatic carbocycles. The summed E-state index contributed by atoms with van der Waals surface area (Å²) < 4.78 is 23.4. The molecule has 0 aliphatic heterocycles. The van der Waals surface area contributed by atoms with Crippen molar-refractivity contribution in [2.24, 2.45) is 7.05 Å². The lowest BCUT2D eigenvalue weighted by atomic mass is 10.5. The number of aryl methyl sites for hydroxylation is 1. The van der Waals surface area contributed by atoms with Gasteiger partial charge in [0, 0.05) is 29.6 Å². The summed E-state index contributed by atoms with van der Waals surface area (Å²) in [7, 11) is 3.11. The Labute approximate surface area is 80.3 Å². The molecule has 6 heteroatoms. The van der Waals surface area contributed by atoms with E-state index < -0.39 is 9.05 Å². The van der Waals surface area contributed by atoms with Gasteiger partial charge in [-0.05, 0) is 6.92 Å². The van der Waals surface area contributed by atoms with Crippen LogP contribution in [0.3, 0.4) is 0 Å². The Hall–Kier alpha value is -0.190. The normalized spacial score (nSPS) is 12.0. The zero-order valence-electron chi connectivity index (χ0n) is 6.51. The SMILES string of the molecule is Cc1c(Cl)c(S(=O)(=O)Cl)cn1C. The summed E-state index contributed by atoms with van der Waals surface area (Å²) in [5.74, 6) is 0. The molecular weight excluding hydrogens is 221 g/mol. The number of nitrogens with zero attached hydrogens (tertiary/aromatic N) is 1. The molecule has 1 heterocycles. The van der Waals surface area contributed by atoms with E-state index in [-0.39, 0.29) is 9.92 Å². The third-order valence-corrected chi connectivity index (χ3v) is 3.56. The van der Waals surface area contributed by atoms with Gasteiger partial charge in [0.05, 0.1) is 5.02 Å². The molecule has 1 aromatic rings. The lowest BCUT2D eigenvalue weighted by Crippen LogP contribution is -1.88. The van der Waals surface area contributed by atoms with Crippen molar-refractivity contribution in [2.45, 2.75) is 11.8 Å². The molecule has 68 valence electrons. The first-order valence-electron chi connectivity index (χ1n) is 3.10. The van der Waals surface area contributed by atoms with Crippen molar-refractivity contribution in [3.63, 3.8) is 0 Å². The molecule has 0 atom stereocenters. The van der Waals surface area contributed by atoms with Gasteiger partial charge in [-0.1, -0.05) is 11.6 Å². The van der Waals surface area contributed by atoms with E-state index in [1.807, 2.05) is 0 Å². The van der Waals surface area contributed by atoms with Gasteiger partial charge in [0.2, 0.25) is 0 Å². The molecule has 1 aromatic heterocycles. The molecule has 0 bridgehead atoms. The van der Waals surface area contributed by atoms with Crippen LogP contribution in [-0.4, -0.2) is 13.0 Å². The zero-order chi connectivity index (χ0) is 9.52. The van der Waals surface area contributed by atoms with Gasteiger partial charge in [-0.25, -0.2) is 8.42 Å². The quantitative estimate of drug-likeness (QED) is 0.688. The topological polar surface area (TPSA) is 39.1 Å². The Balaban J connectivity index is 3.48. The lowest BCUT2D eigenvalue weighted by Gasteiger charge is -1.92. The Bertz CT molecular complexity index is 407. The fourth-order valence-corrected chi connectivity index (χ4v) is 2.43. The summed E-state index contributed by atoms with van der Waals surface area (Å²) in [6.07, 6.45) is 1.39. The fraction of sp³-hybridized carbons (Fsp3) is 0.333. The van der Waals surface area contributed by atoms with Gasteiger partial charge in [0.1, 0.15) is 4.90 Å². The van der Waals surface area contributed by atoms with Crippen LogP contribution in [0.1, 0.15) is 5.69 Å². The van der Waals surface area contributed by atoms with Crippen LogP contribution in [0.25, 0.3) is 0 Å². The first kappa shape index (κ1) is 9.89. The maximum Gasteiger partial charge on any atom is 0.264 e. The van der Waals surface area contributed by atoms with Crippen LogP contribution < -0.4 is 0 Å². The van der Waals surface area contributed by atoms with Crippen molar-refractivity contribution in [3.05, 3.63) is 16.9 Å². The highest BCUT2D eigenvalue weighted by atomic mass is 35.7. The van der Waals surface area contributed by atoms with E-state index in [9.17, 15) is 8.42 Å². The van der Waals surface area contributed by atoms with Gasteiger partial charge >= 0.3 is 0 Å².